The summed E-state index contributed by atoms with van der Waals surface area (Å²) in [6, 6.07) is 17.5. The van der Waals surface area contributed by atoms with Crippen molar-refractivity contribution < 1.29 is 0 Å². The lowest BCUT2D eigenvalue weighted by molar-refractivity contribution is 0.760. The number of hydrogen-bond donors (Lipinski definition) is 1. The SMILES string of the molecule is Cc1nccn1Cc1cccc(CNc2cnn(-c3ccccc3)c(=O)c2Cl)c1. The van der Waals surface area contributed by atoms with Crippen LogP contribution in [0, 0.1) is 6.92 Å². The molecule has 0 radical (unpaired) electrons. The van der Waals surface area contributed by atoms with Gasteiger partial charge in [-0.25, -0.2) is 4.98 Å². The number of nitrogens with one attached hydrogen (secondary N) is 1. The minimum absolute atomic E-state index is 0.119. The normalized spacial score (nSPS) is 10.8. The molecule has 0 spiro atoms. The second kappa shape index (κ2) is 8.32. The molecule has 6 nitrogen and oxygen atoms in total. The number of anilines is 1. The number of aromatic nitrogens is 4. The van der Waals surface area contributed by atoms with E-state index >= 15 is 0 Å². The molecule has 0 bridgehead atoms. The number of nitrogens with zero attached hydrogens (tertiary/aromatic N) is 4. The van der Waals surface area contributed by atoms with Gasteiger partial charge in [0.1, 0.15) is 10.8 Å². The number of aryl methyl sites for hydroxylation is 1. The van der Waals surface area contributed by atoms with Crippen LogP contribution >= 0.6 is 11.6 Å². The van der Waals surface area contributed by atoms with Gasteiger partial charge in [0.05, 0.1) is 17.6 Å². The molecule has 146 valence electrons. The van der Waals surface area contributed by atoms with E-state index in [1.807, 2.05) is 55.6 Å². The van der Waals surface area contributed by atoms with Crippen LogP contribution in [0.4, 0.5) is 5.69 Å². The quantitative estimate of drug-likeness (QED) is 0.525. The number of benzene rings is 2. The van der Waals surface area contributed by atoms with E-state index < -0.39 is 0 Å². The van der Waals surface area contributed by atoms with E-state index in [2.05, 4.69) is 32.1 Å². The zero-order chi connectivity index (χ0) is 20.2. The van der Waals surface area contributed by atoms with E-state index in [0.717, 1.165) is 17.9 Å². The van der Waals surface area contributed by atoms with Crippen LogP contribution in [-0.2, 0) is 13.1 Å². The highest BCUT2D eigenvalue weighted by molar-refractivity contribution is 6.32. The van der Waals surface area contributed by atoms with Crippen LogP contribution in [0.1, 0.15) is 17.0 Å². The molecule has 4 rings (SSSR count). The molecule has 0 unspecified atom stereocenters. The first-order valence-corrected chi connectivity index (χ1v) is 9.62. The van der Waals surface area contributed by atoms with E-state index in [9.17, 15) is 4.79 Å². The Balaban J connectivity index is 1.49. The summed E-state index contributed by atoms with van der Waals surface area (Å²) in [7, 11) is 0. The van der Waals surface area contributed by atoms with Crippen LogP contribution in [0.25, 0.3) is 5.69 Å². The molecular weight excluding hydrogens is 386 g/mol. The van der Waals surface area contributed by atoms with Crippen molar-refractivity contribution in [2.45, 2.75) is 20.0 Å². The average molecular weight is 406 g/mol. The standard InChI is InChI=1S/C22H20ClN5O/c1-16-24-10-11-27(16)15-18-7-5-6-17(12-18)13-25-20-14-26-28(22(29)21(20)23)19-8-3-2-4-9-19/h2-12,14,25H,13,15H2,1H3. The maximum Gasteiger partial charge on any atom is 0.292 e. The van der Waals surface area contributed by atoms with Crippen molar-refractivity contribution in [1.82, 2.24) is 19.3 Å². The fourth-order valence-corrected chi connectivity index (χ4v) is 3.31. The Kier molecular flexibility index (Phi) is 5.44. The summed E-state index contributed by atoms with van der Waals surface area (Å²) < 4.78 is 3.39. The fourth-order valence-electron chi connectivity index (χ4n) is 3.11. The van der Waals surface area contributed by atoms with Gasteiger partial charge >= 0.3 is 0 Å². The van der Waals surface area contributed by atoms with E-state index in [1.54, 1.807) is 12.4 Å². The van der Waals surface area contributed by atoms with Crippen molar-refractivity contribution in [3.63, 3.8) is 0 Å². The van der Waals surface area contributed by atoms with Gasteiger partial charge in [-0.3, -0.25) is 4.79 Å². The van der Waals surface area contributed by atoms with E-state index in [-0.39, 0.29) is 10.6 Å². The van der Waals surface area contributed by atoms with Gasteiger partial charge in [-0.15, -0.1) is 0 Å². The monoisotopic (exact) mass is 405 g/mol. The minimum atomic E-state index is -0.354. The first-order valence-electron chi connectivity index (χ1n) is 9.24. The Bertz CT molecular complexity index is 1180. The molecule has 7 heteroatoms. The molecule has 1 N–H and O–H groups in total. The summed E-state index contributed by atoms with van der Waals surface area (Å²) >= 11 is 6.31. The maximum absolute atomic E-state index is 12.6. The van der Waals surface area contributed by atoms with Gasteiger partial charge in [0.15, 0.2) is 0 Å². The van der Waals surface area contributed by atoms with Crippen molar-refractivity contribution in [2.75, 3.05) is 5.32 Å². The molecule has 2 aromatic carbocycles. The van der Waals surface area contributed by atoms with Gasteiger partial charge in [-0.1, -0.05) is 54.1 Å². The predicted octanol–water partition coefficient (Wildman–Crippen LogP) is 4.05. The van der Waals surface area contributed by atoms with Crippen LogP contribution < -0.4 is 10.9 Å². The second-order valence-corrected chi connectivity index (χ2v) is 7.08. The Morgan fingerprint density at radius 1 is 1.07 bits per heavy atom. The van der Waals surface area contributed by atoms with Gasteiger partial charge in [0.25, 0.3) is 5.56 Å². The second-order valence-electron chi connectivity index (χ2n) is 6.70. The van der Waals surface area contributed by atoms with Gasteiger partial charge in [0, 0.05) is 25.5 Å². The first-order chi connectivity index (χ1) is 14.1. The van der Waals surface area contributed by atoms with E-state index in [4.69, 9.17) is 11.6 Å². The molecule has 4 aromatic rings. The molecular formula is C22H20ClN5O. The Morgan fingerprint density at radius 2 is 1.86 bits per heavy atom. The van der Waals surface area contributed by atoms with Crippen LogP contribution in [0.2, 0.25) is 5.02 Å². The lowest BCUT2D eigenvalue weighted by atomic mass is 10.1. The van der Waals surface area contributed by atoms with Crippen molar-refractivity contribution in [3.8, 4) is 5.69 Å². The number of imidazole rings is 1. The zero-order valence-electron chi connectivity index (χ0n) is 15.9. The molecule has 0 atom stereocenters. The molecule has 29 heavy (non-hydrogen) atoms. The third-order valence-electron chi connectivity index (χ3n) is 4.67. The molecule has 0 amide bonds. The molecule has 2 aromatic heterocycles. The van der Waals surface area contributed by atoms with Gasteiger partial charge < -0.3 is 9.88 Å². The first kappa shape index (κ1) is 19.0. The Morgan fingerprint density at radius 3 is 2.62 bits per heavy atom. The molecule has 0 aliphatic heterocycles. The summed E-state index contributed by atoms with van der Waals surface area (Å²) in [5.74, 6) is 0.977. The van der Waals surface area contributed by atoms with Gasteiger partial charge in [-0.2, -0.15) is 9.78 Å². The summed E-state index contributed by atoms with van der Waals surface area (Å²) in [6.07, 6.45) is 5.34. The number of halogens is 1. The lowest BCUT2D eigenvalue weighted by Crippen LogP contribution is -2.22. The highest BCUT2D eigenvalue weighted by Crippen LogP contribution is 2.18. The third-order valence-corrected chi connectivity index (χ3v) is 5.04. The number of hydrogen-bond acceptors (Lipinski definition) is 4. The average Bonchev–Trinajstić information content (AvgIpc) is 3.14. The van der Waals surface area contributed by atoms with Crippen molar-refractivity contribution in [3.05, 3.63) is 106 Å². The van der Waals surface area contributed by atoms with Crippen LogP contribution in [0.15, 0.2) is 78.0 Å². The molecule has 2 heterocycles. The highest BCUT2D eigenvalue weighted by atomic mass is 35.5. The fraction of sp³-hybridized carbons (Fsp3) is 0.136. The Hall–Kier alpha value is -3.38. The number of rotatable bonds is 6. The summed E-state index contributed by atoms with van der Waals surface area (Å²) in [5, 5.41) is 7.58. The summed E-state index contributed by atoms with van der Waals surface area (Å²) in [4.78, 5) is 16.8. The predicted molar refractivity (Wildman–Crippen MR) is 115 cm³/mol. The summed E-state index contributed by atoms with van der Waals surface area (Å²) in [6.45, 7) is 3.28. The molecule has 0 saturated carbocycles. The van der Waals surface area contributed by atoms with Crippen LogP contribution in [0.3, 0.4) is 0 Å². The van der Waals surface area contributed by atoms with Crippen molar-refractivity contribution in [1.29, 1.82) is 0 Å². The molecule has 0 aliphatic rings. The van der Waals surface area contributed by atoms with Gasteiger partial charge in [0.2, 0.25) is 0 Å². The van der Waals surface area contributed by atoms with Crippen LogP contribution in [-0.4, -0.2) is 19.3 Å². The molecule has 0 saturated heterocycles. The maximum atomic E-state index is 12.6. The van der Waals surface area contributed by atoms with Gasteiger partial charge in [-0.05, 0) is 30.2 Å². The highest BCUT2D eigenvalue weighted by Gasteiger charge is 2.10. The van der Waals surface area contributed by atoms with Crippen molar-refractivity contribution >= 4 is 17.3 Å². The van der Waals surface area contributed by atoms with Crippen LogP contribution in [0.5, 0.6) is 0 Å². The third kappa shape index (κ3) is 4.22. The minimum Gasteiger partial charge on any atom is -0.378 e. The van der Waals surface area contributed by atoms with E-state index in [1.165, 1.54) is 10.2 Å². The van der Waals surface area contributed by atoms with Crippen molar-refractivity contribution in [2.24, 2.45) is 0 Å². The lowest BCUT2D eigenvalue weighted by Gasteiger charge is -2.11. The molecule has 0 fully saturated rings. The largest absolute Gasteiger partial charge is 0.378 e. The van der Waals surface area contributed by atoms with E-state index in [0.29, 0.717) is 17.9 Å². The summed E-state index contributed by atoms with van der Waals surface area (Å²) in [5.41, 5.74) is 3.10. The smallest absolute Gasteiger partial charge is 0.292 e. The topological polar surface area (TPSA) is 64.7 Å². The number of para-hydroxylation sites is 1. The Labute approximate surface area is 173 Å². The zero-order valence-corrected chi connectivity index (χ0v) is 16.7. The molecule has 0 aliphatic carbocycles.